The van der Waals surface area contributed by atoms with Gasteiger partial charge in [0.25, 0.3) is 5.91 Å². The van der Waals surface area contributed by atoms with Crippen molar-refractivity contribution in [1.82, 2.24) is 0 Å². The SMILES string of the molecule is CC1(F)CCC2(CC1)CN(C(=O)c1cccc(C(C)(O)C3CCCC3)c1)c1ccc(NS(C)(=O)=O)cc12. The fourth-order valence-corrected chi connectivity index (χ4v) is 7.21. The van der Waals surface area contributed by atoms with Crippen LogP contribution in [-0.4, -0.2) is 37.9 Å². The second-order valence-electron chi connectivity index (χ2n) is 11.9. The maximum absolute atomic E-state index is 14.8. The third-order valence-electron chi connectivity index (χ3n) is 8.96. The van der Waals surface area contributed by atoms with Crippen molar-refractivity contribution < 1.29 is 22.7 Å². The summed E-state index contributed by atoms with van der Waals surface area (Å²) in [5, 5.41) is 11.4. The van der Waals surface area contributed by atoms with E-state index in [1.165, 1.54) is 0 Å². The van der Waals surface area contributed by atoms with Crippen molar-refractivity contribution in [1.29, 1.82) is 0 Å². The van der Waals surface area contributed by atoms with Crippen LogP contribution in [0.3, 0.4) is 0 Å². The van der Waals surface area contributed by atoms with Crippen molar-refractivity contribution in [3.63, 3.8) is 0 Å². The molecule has 1 unspecified atom stereocenters. The number of hydrogen-bond acceptors (Lipinski definition) is 4. The lowest BCUT2D eigenvalue weighted by atomic mass is 9.67. The minimum Gasteiger partial charge on any atom is -0.385 e. The first-order valence-corrected chi connectivity index (χ1v) is 15.1. The monoisotopic (exact) mass is 528 g/mol. The number of carbonyl (C=O) groups excluding carboxylic acids is 1. The quantitative estimate of drug-likeness (QED) is 0.525. The number of nitrogens with zero attached hydrogens (tertiary/aromatic N) is 1. The lowest BCUT2D eigenvalue weighted by molar-refractivity contribution is -0.00335. The lowest BCUT2D eigenvalue weighted by Crippen LogP contribution is -2.42. The standard InChI is InChI=1S/C29H37FN2O4S/c1-27(30)13-15-29(16-14-27)19-32(25-12-11-23(18-24(25)29)31-37(3,35)36)26(33)20-7-6-10-22(17-20)28(2,34)21-8-4-5-9-21/h6-7,10-12,17-18,21,31,34H,4-5,8-9,13-16,19H2,1-3H3. The van der Waals surface area contributed by atoms with Crippen molar-refractivity contribution in [3.05, 3.63) is 59.2 Å². The molecule has 0 saturated heterocycles. The molecule has 1 heterocycles. The van der Waals surface area contributed by atoms with Crippen LogP contribution >= 0.6 is 0 Å². The first-order chi connectivity index (χ1) is 17.3. The maximum atomic E-state index is 14.8. The van der Waals surface area contributed by atoms with E-state index in [2.05, 4.69) is 4.72 Å². The second-order valence-corrected chi connectivity index (χ2v) is 13.6. The van der Waals surface area contributed by atoms with Crippen LogP contribution in [0.1, 0.15) is 86.7 Å². The van der Waals surface area contributed by atoms with Crippen LogP contribution in [0, 0.1) is 5.92 Å². The normalized spacial score (nSPS) is 27.8. The summed E-state index contributed by atoms with van der Waals surface area (Å²) in [5.74, 6) is 0.00579. The summed E-state index contributed by atoms with van der Waals surface area (Å²) in [6, 6.07) is 12.6. The molecule has 2 aromatic rings. The Morgan fingerprint density at radius 2 is 1.78 bits per heavy atom. The van der Waals surface area contributed by atoms with E-state index in [0.717, 1.165) is 48.8 Å². The molecule has 1 atom stereocenters. The molecule has 37 heavy (non-hydrogen) atoms. The maximum Gasteiger partial charge on any atom is 0.258 e. The van der Waals surface area contributed by atoms with E-state index in [9.17, 15) is 22.7 Å². The van der Waals surface area contributed by atoms with Crippen LogP contribution in [-0.2, 0) is 21.0 Å². The average Bonchev–Trinajstić information content (AvgIpc) is 3.48. The van der Waals surface area contributed by atoms with Gasteiger partial charge in [0.15, 0.2) is 0 Å². The summed E-state index contributed by atoms with van der Waals surface area (Å²) in [4.78, 5) is 15.7. The Hall–Kier alpha value is -2.45. The van der Waals surface area contributed by atoms with E-state index in [1.807, 2.05) is 31.2 Å². The van der Waals surface area contributed by atoms with Crippen molar-refractivity contribution in [2.75, 3.05) is 22.4 Å². The van der Waals surface area contributed by atoms with Gasteiger partial charge in [0, 0.05) is 28.9 Å². The van der Waals surface area contributed by atoms with Crippen LogP contribution in [0.2, 0.25) is 0 Å². The summed E-state index contributed by atoms with van der Waals surface area (Å²) in [5.41, 5.74) is 0.639. The number of rotatable bonds is 5. The number of nitrogens with one attached hydrogen (secondary N) is 1. The highest BCUT2D eigenvalue weighted by atomic mass is 32.2. The molecule has 1 spiro atoms. The number of fused-ring (bicyclic) bond motifs is 2. The van der Waals surface area contributed by atoms with E-state index < -0.39 is 26.7 Å². The second kappa shape index (κ2) is 9.09. The van der Waals surface area contributed by atoms with Gasteiger partial charge in [0.1, 0.15) is 5.67 Å². The van der Waals surface area contributed by atoms with Gasteiger partial charge in [0.05, 0.1) is 11.9 Å². The highest BCUT2D eigenvalue weighted by molar-refractivity contribution is 7.92. The van der Waals surface area contributed by atoms with Gasteiger partial charge in [-0.05, 0) is 99.7 Å². The van der Waals surface area contributed by atoms with Crippen LogP contribution in [0.4, 0.5) is 15.8 Å². The van der Waals surface area contributed by atoms with Gasteiger partial charge in [-0.3, -0.25) is 9.52 Å². The van der Waals surface area contributed by atoms with Crippen molar-refractivity contribution >= 4 is 27.3 Å². The number of alkyl halides is 1. The van der Waals surface area contributed by atoms with Gasteiger partial charge < -0.3 is 10.0 Å². The topological polar surface area (TPSA) is 86.7 Å². The number of halogens is 1. The van der Waals surface area contributed by atoms with E-state index in [0.29, 0.717) is 43.5 Å². The van der Waals surface area contributed by atoms with E-state index in [1.54, 1.807) is 30.0 Å². The Morgan fingerprint density at radius 1 is 1.11 bits per heavy atom. The molecule has 200 valence electrons. The Kier molecular flexibility index (Phi) is 6.43. The number of carbonyl (C=O) groups is 1. The number of aliphatic hydroxyl groups is 1. The zero-order chi connectivity index (χ0) is 26.6. The van der Waals surface area contributed by atoms with Crippen molar-refractivity contribution in [2.45, 2.75) is 81.9 Å². The number of sulfonamides is 1. The molecule has 1 aliphatic heterocycles. The molecule has 0 radical (unpaired) electrons. The van der Waals surface area contributed by atoms with E-state index in [-0.39, 0.29) is 11.8 Å². The Balaban J connectivity index is 1.50. The molecule has 5 rings (SSSR count). The van der Waals surface area contributed by atoms with Gasteiger partial charge >= 0.3 is 0 Å². The molecule has 8 heteroatoms. The predicted molar refractivity (Wildman–Crippen MR) is 144 cm³/mol. The Morgan fingerprint density at radius 3 is 2.43 bits per heavy atom. The van der Waals surface area contributed by atoms with Crippen LogP contribution in [0.25, 0.3) is 0 Å². The predicted octanol–water partition coefficient (Wildman–Crippen LogP) is 5.66. The number of hydrogen-bond donors (Lipinski definition) is 2. The molecular weight excluding hydrogens is 491 g/mol. The third-order valence-corrected chi connectivity index (χ3v) is 9.57. The summed E-state index contributed by atoms with van der Waals surface area (Å²) in [6.07, 6.45) is 7.21. The third kappa shape index (κ3) is 5.02. The number of benzene rings is 2. The summed E-state index contributed by atoms with van der Waals surface area (Å²) in [6.45, 7) is 3.89. The molecule has 2 aliphatic carbocycles. The zero-order valence-corrected chi connectivity index (χ0v) is 22.7. The first kappa shape index (κ1) is 26.2. The number of anilines is 2. The molecule has 2 N–H and O–H groups in total. The van der Waals surface area contributed by atoms with Gasteiger partial charge in [-0.25, -0.2) is 12.8 Å². The summed E-state index contributed by atoms with van der Waals surface area (Å²) < 4.78 is 41.1. The largest absolute Gasteiger partial charge is 0.385 e. The first-order valence-electron chi connectivity index (χ1n) is 13.3. The Bertz CT molecular complexity index is 1300. The molecule has 6 nitrogen and oxygen atoms in total. The minimum atomic E-state index is -3.47. The van der Waals surface area contributed by atoms with Gasteiger partial charge in [-0.2, -0.15) is 0 Å². The molecule has 2 saturated carbocycles. The lowest BCUT2D eigenvalue weighted by Gasteiger charge is -2.39. The molecule has 2 fully saturated rings. The highest BCUT2D eigenvalue weighted by Gasteiger charge is 2.49. The smallest absolute Gasteiger partial charge is 0.258 e. The van der Waals surface area contributed by atoms with Crippen LogP contribution in [0.15, 0.2) is 42.5 Å². The van der Waals surface area contributed by atoms with Gasteiger partial charge in [-0.1, -0.05) is 25.0 Å². The number of amides is 1. The molecule has 3 aliphatic rings. The summed E-state index contributed by atoms with van der Waals surface area (Å²) >= 11 is 0. The molecule has 1 amide bonds. The highest BCUT2D eigenvalue weighted by Crippen LogP contribution is 2.53. The van der Waals surface area contributed by atoms with E-state index >= 15 is 0 Å². The average molecular weight is 529 g/mol. The fourth-order valence-electron chi connectivity index (χ4n) is 6.65. The minimum absolute atomic E-state index is 0.167. The van der Waals surface area contributed by atoms with Crippen LogP contribution in [0.5, 0.6) is 0 Å². The van der Waals surface area contributed by atoms with Crippen molar-refractivity contribution in [3.8, 4) is 0 Å². The summed E-state index contributed by atoms with van der Waals surface area (Å²) in [7, 11) is -3.47. The van der Waals surface area contributed by atoms with Crippen molar-refractivity contribution in [2.24, 2.45) is 5.92 Å². The molecule has 2 aromatic carbocycles. The van der Waals surface area contributed by atoms with Gasteiger partial charge in [-0.15, -0.1) is 0 Å². The van der Waals surface area contributed by atoms with Gasteiger partial charge in [0.2, 0.25) is 10.0 Å². The molecule has 0 bridgehead atoms. The molecular formula is C29H37FN2O4S. The van der Waals surface area contributed by atoms with Crippen LogP contribution < -0.4 is 9.62 Å². The zero-order valence-electron chi connectivity index (χ0n) is 21.9. The Labute approximate surface area is 219 Å². The molecule has 0 aromatic heterocycles. The van der Waals surface area contributed by atoms with E-state index in [4.69, 9.17) is 0 Å². The fraction of sp³-hybridized carbons (Fsp3) is 0.552.